The summed E-state index contributed by atoms with van der Waals surface area (Å²) in [5.74, 6) is -0.301. The van der Waals surface area contributed by atoms with E-state index >= 15 is 0 Å². The predicted octanol–water partition coefficient (Wildman–Crippen LogP) is 2.92. The number of carboxylic acid groups (broad SMARTS) is 1. The third-order valence-electron chi connectivity index (χ3n) is 3.70. The van der Waals surface area contributed by atoms with Crippen molar-refractivity contribution in [3.05, 3.63) is 59.7 Å². The highest BCUT2D eigenvalue weighted by atomic mass is 16.5. The molecule has 5 nitrogen and oxygen atoms in total. The van der Waals surface area contributed by atoms with Gasteiger partial charge in [-0.15, -0.1) is 0 Å². The first-order chi connectivity index (χ1) is 11.5. The number of aliphatic carboxylic acids is 1. The highest BCUT2D eigenvalue weighted by Gasteiger charge is 2.18. The monoisotopic (exact) mass is 327 g/mol. The maximum absolute atomic E-state index is 12.7. The molecular formula is C19H21NO4. The van der Waals surface area contributed by atoms with Crippen molar-refractivity contribution in [3.63, 3.8) is 0 Å². The van der Waals surface area contributed by atoms with Gasteiger partial charge in [-0.25, -0.2) is 0 Å². The van der Waals surface area contributed by atoms with Gasteiger partial charge in [0.15, 0.2) is 0 Å². The van der Waals surface area contributed by atoms with E-state index in [1.54, 1.807) is 30.2 Å². The van der Waals surface area contributed by atoms with E-state index in [9.17, 15) is 9.59 Å². The topological polar surface area (TPSA) is 66.8 Å². The van der Waals surface area contributed by atoms with Crippen LogP contribution in [0.4, 0.5) is 5.69 Å². The number of carbonyl (C=O) groups excluding carboxylic acids is 1. The molecule has 2 aromatic rings. The molecule has 0 unspecified atom stereocenters. The van der Waals surface area contributed by atoms with Crippen LogP contribution in [-0.4, -0.2) is 30.6 Å². The fourth-order valence-electron chi connectivity index (χ4n) is 2.63. The Morgan fingerprint density at radius 3 is 2.33 bits per heavy atom. The first-order valence-electron chi connectivity index (χ1n) is 7.78. The molecule has 2 rings (SSSR count). The second-order valence-electron chi connectivity index (χ2n) is 5.38. The maximum Gasteiger partial charge on any atom is 0.307 e. The van der Waals surface area contributed by atoms with Gasteiger partial charge < -0.3 is 14.7 Å². The molecule has 0 radical (unpaired) electrons. The number of hydrogen-bond acceptors (Lipinski definition) is 3. The van der Waals surface area contributed by atoms with Crippen molar-refractivity contribution in [2.24, 2.45) is 0 Å². The molecule has 126 valence electrons. The number of ether oxygens (including phenoxy) is 1. The van der Waals surface area contributed by atoms with Gasteiger partial charge in [0.05, 0.1) is 25.6 Å². The van der Waals surface area contributed by atoms with Crippen LogP contribution in [0.25, 0.3) is 0 Å². The number of para-hydroxylation sites is 2. The van der Waals surface area contributed by atoms with E-state index in [4.69, 9.17) is 9.84 Å². The minimum atomic E-state index is -0.886. The Morgan fingerprint density at radius 2 is 1.71 bits per heavy atom. The van der Waals surface area contributed by atoms with Crippen LogP contribution in [0.3, 0.4) is 0 Å². The molecule has 5 heteroatoms. The maximum atomic E-state index is 12.7. The van der Waals surface area contributed by atoms with Crippen LogP contribution in [0.15, 0.2) is 48.5 Å². The second kappa shape index (κ2) is 8.15. The number of amides is 1. The lowest BCUT2D eigenvalue weighted by Crippen LogP contribution is -2.32. The first kappa shape index (κ1) is 17.5. The molecule has 1 N–H and O–H groups in total. The van der Waals surface area contributed by atoms with Gasteiger partial charge in [-0.2, -0.15) is 0 Å². The molecule has 2 aromatic carbocycles. The standard InChI is InChI=1S/C19H21NO4/c1-3-20(16-9-4-5-10-17(16)24-2)18(21)12-14-7-6-8-15(11-14)13-19(22)23/h4-11H,3,12-13H2,1-2H3,(H,22,23). The van der Waals surface area contributed by atoms with Crippen molar-refractivity contribution in [2.45, 2.75) is 19.8 Å². The number of methoxy groups -OCH3 is 1. The zero-order valence-electron chi connectivity index (χ0n) is 13.9. The number of rotatable bonds is 7. The van der Waals surface area contributed by atoms with Crippen molar-refractivity contribution >= 4 is 17.6 Å². The molecule has 0 aliphatic heterocycles. The normalized spacial score (nSPS) is 10.2. The van der Waals surface area contributed by atoms with Gasteiger partial charge in [0.2, 0.25) is 5.91 Å². The molecule has 1 amide bonds. The Hall–Kier alpha value is -2.82. The average molecular weight is 327 g/mol. The molecule has 0 saturated heterocycles. The summed E-state index contributed by atoms with van der Waals surface area (Å²) in [5.41, 5.74) is 2.22. The first-order valence-corrected chi connectivity index (χ1v) is 7.78. The van der Waals surface area contributed by atoms with E-state index in [-0.39, 0.29) is 18.7 Å². The van der Waals surface area contributed by atoms with Gasteiger partial charge in [0, 0.05) is 6.54 Å². The van der Waals surface area contributed by atoms with Gasteiger partial charge in [0.1, 0.15) is 5.75 Å². The Balaban J connectivity index is 2.19. The lowest BCUT2D eigenvalue weighted by atomic mass is 10.1. The molecule has 0 bridgehead atoms. The molecular weight excluding hydrogens is 306 g/mol. The van der Waals surface area contributed by atoms with Crippen molar-refractivity contribution in [3.8, 4) is 5.75 Å². The quantitative estimate of drug-likeness (QED) is 0.849. The lowest BCUT2D eigenvalue weighted by Gasteiger charge is -2.23. The van der Waals surface area contributed by atoms with E-state index in [0.29, 0.717) is 17.9 Å². The summed E-state index contributed by atoms with van der Waals surface area (Å²) >= 11 is 0. The molecule has 0 aliphatic rings. The molecule has 0 aromatic heterocycles. The Kier molecular flexibility index (Phi) is 5.95. The van der Waals surface area contributed by atoms with E-state index < -0.39 is 5.97 Å². The van der Waals surface area contributed by atoms with Crippen LogP contribution in [0.1, 0.15) is 18.1 Å². The van der Waals surface area contributed by atoms with Crippen LogP contribution in [0.2, 0.25) is 0 Å². The summed E-state index contributed by atoms with van der Waals surface area (Å²) in [7, 11) is 1.58. The second-order valence-corrected chi connectivity index (χ2v) is 5.38. The summed E-state index contributed by atoms with van der Waals surface area (Å²) in [4.78, 5) is 25.2. The minimum absolute atomic E-state index is 0.0496. The van der Waals surface area contributed by atoms with Crippen LogP contribution in [0, 0.1) is 0 Å². The van der Waals surface area contributed by atoms with Crippen LogP contribution >= 0.6 is 0 Å². The molecule has 0 fully saturated rings. The SMILES string of the molecule is CCN(C(=O)Cc1cccc(CC(=O)O)c1)c1ccccc1OC. The van der Waals surface area contributed by atoms with Crippen molar-refractivity contribution in [2.75, 3.05) is 18.6 Å². The fourth-order valence-corrected chi connectivity index (χ4v) is 2.63. The Bertz CT molecular complexity index is 727. The number of likely N-dealkylation sites (N-methyl/N-ethyl adjacent to an activating group) is 1. The van der Waals surface area contributed by atoms with E-state index in [1.165, 1.54) is 0 Å². The summed E-state index contributed by atoms with van der Waals surface area (Å²) in [5, 5.41) is 8.88. The average Bonchev–Trinajstić information content (AvgIpc) is 2.55. The summed E-state index contributed by atoms with van der Waals surface area (Å²) in [6.07, 6.45) is 0.158. The predicted molar refractivity (Wildman–Crippen MR) is 92.5 cm³/mol. The van der Waals surface area contributed by atoms with Gasteiger partial charge in [-0.3, -0.25) is 9.59 Å². The van der Waals surface area contributed by atoms with Crippen LogP contribution < -0.4 is 9.64 Å². The zero-order valence-corrected chi connectivity index (χ0v) is 13.9. The third-order valence-corrected chi connectivity index (χ3v) is 3.70. The van der Waals surface area contributed by atoms with Crippen molar-refractivity contribution < 1.29 is 19.4 Å². The molecule has 0 heterocycles. The van der Waals surface area contributed by atoms with E-state index in [0.717, 1.165) is 11.3 Å². The zero-order chi connectivity index (χ0) is 17.5. The van der Waals surface area contributed by atoms with Crippen LogP contribution in [-0.2, 0) is 22.4 Å². The molecule has 0 saturated carbocycles. The Labute approximate surface area is 141 Å². The fraction of sp³-hybridized carbons (Fsp3) is 0.263. The van der Waals surface area contributed by atoms with Crippen molar-refractivity contribution in [1.82, 2.24) is 0 Å². The van der Waals surface area contributed by atoms with Crippen LogP contribution in [0.5, 0.6) is 5.75 Å². The summed E-state index contributed by atoms with van der Waals surface area (Å²) in [6, 6.07) is 14.5. The number of anilines is 1. The number of nitrogens with zero attached hydrogens (tertiary/aromatic N) is 1. The number of hydrogen-bond donors (Lipinski definition) is 1. The Morgan fingerprint density at radius 1 is 1.04 bits per heavy atom. The largest absolute Gasteiger partial charge is 0.495 e. The smallest absolute Gasteiger partial charge is 0.307 e. The molecule has 0 spiro atoms. The van der Waals surface area contributed by atoms with Gasteiger partial charge in [-0.1, -0.05) is 36.4 Å². The number of benzene rings is 2. The number of carboxylic acids is 1. The minimum Gasteiger partial charge on any atom is -0.495 e. The van der Waals surface area contributed by atoms with Gasteiger partial charge in [0.25, 0.3) is 0 Å². The highest BCUT2D eigenvalue weighted by molar-refractivity contribution is 5.96. The van der Waals surface area contributed by atoms with Gasteiger partial charge >= 0.3 is 5.97 Å². The molecule has 24 heavy (non-hydrogen) atoms. The van der Waals surface area contributed by atoms with Crippen molar-refractivity contribution in [1.29, 1.82) is 0 Å². The molecule has 0 aliphatic carbocycles. The molecule has 0 atom stereocenters. The number of carbonyl (C=O) groups is 2. The lowest BCUT2D eigenvalue weighted by molar-refractivity contribution is -0.136. The van der Waals surface area contributed by atoms with Gasteiger partial charge in [-0.05, 0) is 30.2 Å². The summed E-state index contributed by atoms with van der Waals surface area (Å²) in [6.45, 7) is 2.43. The highest BCUT2D eigenvalue weighted by Crippen LogP contribution is 2.28. The van der Waals surface area contributed by atoms with E-state index in [2.05, 4.69) is 0 Å². The summed E-state index contributed by atoms with van der Waals surface area (Å²) < 4.78 is 5.33. The third kappa shape index (κ3) is 4.35. The van der Waals surface area contributed by atoms with E-state index in [1.807, 2.05) is 37.3 Å².